The number of carbonyl (C=O) groups excluding carboxylic acids is 1. The van der Waals surface area contributed by atoms with Crippen molar-refractivity contribution in [2.45, 2.75) is 64.3 Å². The predicted octanol–water partition coefficient (Wildman–Crippen LogP) is 1.22. The van der Waals surface area contributed by atoms with Crippen LogP contribution in [0, 0.1) is 0 Å². The second-order valence-electron chi connectivity index (χ2n) is 4.98. The van der Waals surface area contributed by atoms with Crippen LogP contribution >= 0.6 is 0 Å². The fraction of sp³-hybridized carbons (Fsp3) is 0.917. The molecule has 0 spiro atoms. The van der Waals surface area contributed by atoms with Gasteiger partial charge in [-0.05, 0) is 33.1 Å². The van der Waals surface area contributed by atoms with Gasteiger partial charge in [0.15, 0.2) is 0 Å². The Labute approximate surface area is 97.4 Å². The summed E-state index contributed by atoms with van der Waals surface area (Å²) in [6, 6.07) is 0. The zero-order valence-electron chi connectivity index (χ0n) is 10.5. The first-order valence-corrected chi connectivity index (χ1v) is 6.10. The highest BCUT2D eigenvalue weighted by Crippen LogP contribution is 2.19. The first-order valence-electron chi connectivity index (χ1n) is 6.10. The molecule has 94 valence electrons. The van der Waals surface area contributed by atoms with Gasteiger partial charge in [0.2, 0.25) is 5.91 Å². The number of hydrogen-bond acceptors (Lipinski definition) is 3. The van der Waals surface area contributed by atoms with Gasteiger partial charge >= 0.3 is 0 Å². The van der Waals surface area contributed by atoms with Gasteiger partial charge < -0.3 is 15.2 Å². The van der Waals surface area contributed by atoms with E-state index in [2.05, 4.69) is 5.32 Å². The highest BCUT2D eigenvalue weighted by molar-refractivity contribution is 5.81. The summed E-state index contributed by atoms with van der Waals surface area (Å²) < 4.78 is 5.45. The number of rotatable bonds is 5. The molecule has 1 aliphatic rings. The third-order valence-corrected chi connectivity index (χ3v) is 2.96. The lowest BCUT2D eigenvalue weighted by molar-refractivity contribution is -0.132. The molecule has 0 aromatic heterocycles. The quantitative estimate of drug-likeness (QED) is 0.745. The van der Waals surface area contributed by atoms with Crippen LogP contribution in [-0.2, 0) is 9.53 Å². The van der Waals surface area contributed by atoms with Gasteiger partial charge in [-0.15, -0.1) is 0 Å². The molecule has 3 atom stereocenters. The molecule has 1 amide bonds. The Morgan fingerprint density at radius 3 is 2.75 bits per heavy atom. The van der Waals surface area contributed by atoms with E-state index >= 15 is 0 Å². The Hall–Kier alpha value is -0.610. The largest absolute Gasteiger partial charge is 0.388 e. The summed E-state index contributed by atoms with van der Waals surface area (Å²) in [4.78, 5) is 11.7. The molecule has 4 nitrogen and oxygen atoms in total. The van der Waals surface area contributed by atoms with E-state index in [1.807, 2.05) is 13.8 Å². The predicted molar refractivity (Wildman–Crippen MR) is 62.1 cm³/mol. The topological polar surface area (TPSA) is 58.6 Å². The molecule has 16 heavy (non-hydrogen) atoms. The Morgan fingerprint density at radius 2 is 2.25 bits per heavy atom. The van der Waals surface area contributed by atoms with Crippen molar-refractivity contribution in [1.82, 2.24) is 5.32 Å². The smallest absolute Gasteiger partial charge is 0.249 e. The molecule has 0 radical (unpaired) electrons. The van der Waals surface area contributed by atoms with Crippen molar-refractivity contribution in [2.75, 3.05) is 6.54 Å². The maximum absolute atomic E-state index is 11.7. The summed E-state index contributed by atoms with van der Waals surface area (Å²) in [5.74, 6) is -0.0965. The summed E-state index contributed by atoms with van der Waals surface area (Å²) >= 11 is 0. The molecule has 0 aliphatic carbocycles. The van der Waals surface area contributed by atoms with Gasteiger partial charge in [-0.25, -0.2) is 0 Å². The fourth-order valence-electron chi connectivity index (χ4n) is 2.01. The van der Waals surface area contributed by atoms with E-state index in [0.29, 0.717) is 13.0 Å². The number of aliphatic hydroxyl groups is 1. The monoisotopic (exact) mass is 229 g/mol. The van der Waals surface area contributed by atoms with E-state index in [4.69, 9.17) is 4.74 Å². The molecule has 0 aromatic carbocycles. The Balaban J connectivity index is 2.29. The molecule has 1 heterocycles. The molecule has 1 aliphatic heterocycles. The lowest BCUT2D eigenvalue weighted by Gasteiger charge is -2.23. The van der Waals surface area contributed by atoms with Crippen LogP contribution in [0.4, 0.5) is 0 Å². The third kappa shape index (κ3) is 4.10. The minimum Gasteiger partial charge on any atom is -0.388 e. The van der Waals surface area contributed by atoms with E-state index in [0.717, 1.165) is 19.3 Å². The third-order valence-electron chi connectivity index (χ3n) is 2.96. The molecular formula is C12H23NO3. The summed E-state index contributed by atoms with van der Waals surface area (Å²) in [7, 11) is 0. The molecular weight excluding hydrogens is 206 g/mol. The Kier molecular flexibility index (Phi) is 4.74. The highest BCUT2D eigenvalue weighted by atomic mass is 16.5. The van der Waals surface area contributed by atoms with E-state index in [9.17, 15) is 9.90 Å². The first-order chi connectivity index (χ1) is 7.44. The number of ether oxygens (including phenoxy) is 1. The van der Waals surface area contributed by atoms with Crippen molar-refractivity contribution in [3.05, 3.63) is 0 Å². The molecule has 1 saturated heterocycles. The lowest BCUT2D eigenvalue weighted by Crippen LogP contribution is -2.44. The fourth-order valence-corrected chi connectivity index (χ4v) is 2.01. The zero-order chi connectivity index (χ0) is 12.2. The van der Waals surface area contributed by atoms with Crippen LogP contribution < -0.4 is 5.32 Å². The average molecular weight is 229 g/mol. The van der Waals surface area contributed by atoms with E-state index < -0.39 is 5.60 Å². The minimum atomic E-state index is -0.811. The number of hydrogen-bond donors (Lipinski definition) is 2. The van der Waals surface area contributed by atoms with Crippen LogP contribution in [0.15, 0.2) is 0 Å². The molecule has 0 aromatic rings. The SMILES string of the molecule is CCCC(C)(O)CNC(=O)C1CCC(C)O1. The van der Waals surface area contributed by atoms with Crippen molar-refractivity contribution in [1.29, 1.82) is 0 Å². The van der Waals surface area contributed by atoms with Crippen molar-refractivity contribution in [3.8, 4) is 0 Å². The van der Waals surface area contributed by atoms with E-state index in [1.165, 1.54) is 0 Å². The molecule has 2 N–H and O–H groups in total. The summed E-state index contributed by atoms with van der Waals surface area (Å²) in [6.07, 6.45) is 3.15. The van der Waals surface area contributed by atoms with Crippen LogP contribution in [0.2, 0.25) is 0 Å². The van der Waals surface area contributed by atoms with Gasteiger partial charge in [0, 0.05) is 6.54 Å². The number of amides is 1. The van der Waals surface area contributed by atoms with Crippen LogP contribution in [0.1, 0.15) is 46.5 Å². The van der Waals surface area contributed by atoms with E-state index in [-0.39, 0.29) is 18.1 Å². The van der Waals surface area contributed by atoms with Crippen LogP contribution in [-0.4, -0.2) is 35.4 Å². The molecule has 3 unspecified atom stereocenters. The summed E-state index contributed by atoms with van der Waals surface area (Å²) in [5, 5.41) is 12.7. The molecule has 4 heteroatoms. The second-order valence-corrected chi connectivity index (χ2v) is 4.98. The number of nitrogens with one attached hydrogen (secondary N) is 1. The van der Waals surface area contributed by atoms with Crippen LogP contribution in [0.3, 0.4) is 0 Å². The van der Waals surface area contributed by atoms with Crippen LogP contribution in [0.25, 0.3) is 0 Å². The van der Waals surface area contributed by atoms with Crippen molar-refractivity contribution in [2.24, 2.45) is 0 Å². The molecule has 1 fully saturated rings. The summed E-state index contributed by atoms with van der Waals surface area (Å²) in [6.45, 7) is 6.03. The van der Waals surface area contributed by atoms with Gasteiger partial charge in [0.05, 0.1) is 11.7 Å². The zero-order valence-corrected chi connectivity index (χ0v) is 10.5. The summed E-state index contributed by atoms with van der Waals surface area (Å²) in [5.41, 5.74) is -0.811. The maximum atomic E-state index is 11.7. The van der Waals surface area contributed by atoms with Gasteiger partial charge in [-0.3, -0.25) is 4.79 Å². The van der Waals surface area contributed by atoms with Gasteiger partial charge in [-0.2, -0.15) is 0 Å². The first kappa shape index (κ1) is 13.5. The lowest BCUT2D eigenvalue weighted by atomic mass is 10.0. The normalized spacial score (nSPS) is 28.8. The Bertz CT molecular complexity index is 240. The van der Waals surface area contributed by atoms with Crippen LogP contribution in [0.5, 0.6) is 0 Å². The van der Waals surface area contributed by atoms with E-state index in [1.54, 1.807) is 6.92 Å². The van der Waals surface area contributed by atoms with Crippen molar-refractivity contribution in [3.63, 3.8) is 0 Å². The molecule has 0 saturated carbocycles. The van der Waals surface area contributed by atoms with Gasteiger partial charge in [0.25, 0.3) is 0 Å². The van der Waals surface area contributed by atoms with Gasteiger partial charge in [0.1, 0.15) is 6.10 Å². The highest BCUT2D eigenvalue weighted by Gasteiger charge is 2.29. The van der Waals surface area contributed by atoms with Crippen molar-refractivity contribution >= 4 is 5.91 Å². The number of carbonyl (C=O) groups is 1. The standard InChI is InChI=1S/C12H23NO3/c1-4-7-12(3,15)8-13-11(14)10-6-5-9(2)16-10/h9-10,15H,4-8H2,1-3H3,(H,13,14). The second kappa shape index (κ2) is 5.64. The maximum Gasteiger partial charge on any atom is 0.249 e. The minimum absolute atomic E-state index is 0.0965. The molecule has 1 rings (SSSR count). The van der Waals surface area contributed by atoms with Crippen molar-refractivity contribution < 1.29 is 14.6 Å². The van der Waals surface area contributed by atoms with Gasteiger partial charge in [-0.1, -0.05) is 13.3 Å². The molecule has 0 bridgehead atoms. The Morgan fingerprint density at radius 1 is 1.56 bits per heavy atom. The average Bonchev–Trinajstić information content (AvgIpc) is 2.61.